The maximum Gasteiger partial charge on any atom is 0.262 e. The summed E-state index contributed by atoms with van der Waals surface area (Å²) in [4.78, 5) is 12.1. The van der Waals surface area contributed by atoms with Crippen molar-refractivity contribution in [2.75, 3.05) is 11.9 Å². The molecule has 0 aliphatic carbocycles. The molecule has 0 aliphatic heterocycles. The van der Waals surface area contributed by atoms with E-state index in [2.05, 4.69) is 42.0 Å². The molecule has 0 aromatic heterocycles. The third kappa shape index (κ3) is 4.88. The molecule has 1 N–H and O–H groups in total. The lowest BCUT2D eigenvalue weighted by Crippen LogP contribution is -2.22. The molecule has 24 heavy (non-hydrogen) atoms. The first-order valence-electron chi connectivity index (χ1n) is 7.35. The van der Waals surface area contributed by atoms with Crippen molar-refractivity contribution < 1.29 is 9.53 Å². The molecule has 0 aliphatic rings. The molecule has 1 amide bonds. The maximum absolute atomic E-state index is 12.1. The Labute approximate surface area is 160 Å². The average Bonchev–Trinajstić information content (AvgIpc) is 2.49. The summed E-state index contributed by atoms with van der Waals surface area (Å²) in [6, 6.07) is 10.8. The smallest absolute Gasteiger partial charge is 0.262 e. The largest absolute Gasteiger partial charge is 0.483 e. The number of carbonyl (C=O) groups excluding carboxylic acids is 1. The number of nitrogens with one attached hydrogen (secondary N) is 1. The van der Waals surface area contributed by atoms with Gasteiger partial charge >= 0.3 is 0 Å². The Bertz CT molecular complexity index is 757. The van der Waals surface area contributed by atoms with Gasteiger partial charge in [0.2, 0.25) is 0 Å². The number of ether oxygens (including phenoxy) is 1. The van der Waals surface area contributed by atoms with E-state index < -0.39 is 0 Å². The number of amides is 1. The number of rotatable bonds is 4. The van der Waals surface area contributed by atoms with Gasteiger partial charge in [-0.05, 0) is 35.7 Å². The highest BCUT2D eigenvalue weighted by Crippen LogP contribution is 2.34. The van der Waals surface area contributed by atoms with Crippen molar-refractivity contribution in [3.63, 3.8) is 0 Å². The Morgan fingerprint density at radius 2 is 1.92 bits per heavy atom. The van der Waals surface area contributed by atoms with Gasteiger partial charge in [0.05, 0.1) is 15.7 Å². The van der Waals surface area contributed by atoms with Crippen LogP contribution in [0.4, 0.5) is 5.69 Å². The van der Waals surface area contributed by atoms with Gasteiger partial charge in [0.1, 0.15) is 5.75 Å². The Kier molecular flexibility index (Phi) is 6.18. The van der Waals surface area contributed by atoms with Gasteiger partial charge in [0, 0.05) is 10.0 Å². The molecule has 0 atom stereocenters. The highest BCUT2D eigenvalue weighted by atomic mass is 79.9. The zero-order chi connectivity index (χ0) is 17.9. The predicted octanol–water partition coefficient (Wildman–Crippen LogP) is 6.07. The number of halogens is 3. The van der Waals surface area contributed by atoms with Gasteiger partial charge in [-0.25, -0.2) is 0 Å². The van der Waals surface area contributed by atoms with E-state index in [0.717, 1.165) is 10.0 Å². The van der Waals surface area contributed by atoms with Crippen LogP contribution in [0, 0.1) is 0 Å². The van der Waals surface area contributed by atoms with Crippen LogP contribution in [0.3, 0.4) is 0 Å². The van der Waals surface area contributed by atoms with E-state index >= 15 is 0 Å². The van der Waals surface area contributed by atoms with Crippen molar-refractivity contribution >= 4 is 50.7 Å². The van der Waals surface area contributed by atoms with E-state index in [-0.39, 0.29) is 17.9 Å². The van der Waals surface area contributed by atoms with Crippen LogP contribution >= 0.6 is 39.1 Å². The Balaban J connectivity index is 2.08. The van der Waals surface area contributed by atoms with E-state index in [1.165, 1.54) is 0 Å². The molecule has 3 nitrogen and oxygen atoms in total. The monoisotopic (exact) mass is 429 g/mol. The van der Waals surface area contributed by atoms with E-state index in [9.17, 15) is 4.79 Å². The van der Waals surface area contributed by atoms with Crippen molar-refractivity contribution in [2.45, 2.75) is 26.2 Å². The number of benzene rings is 2. The van der Waals surface area contributed by atoms with Crippen molar-refractivity contribution in [2.24, 2.45) is 0 Å². The predicted molar refractivity (Wildman–Crippen MR) is 103 cm³/mol. The minimum atomic E-state index is -0.304. The van der Waals surface area contributed by atoms with Gasteiger partial charge in [-0.1, -0.05) is 66.0 Å². The van der Waals surface area contributed by atoms with E-state index in [0.29, 0.717) is 21.5 Å². The van der Waals surface area contributed by atoms with Crippen LogP contribution in [0.5, 0.6) is 5.75 Å². The minimum absolute atomic E-state index is 0.105. The molecule has 0 radical (unpaired) electrons. The Morgan fingerprint density at radius 1 is 1.21 bits per heavy atom. The molecule has 0 fully saturated rings. The summed E-state index contributed by atoms with van der Waals surface area (Å²) in [7, 11) is 0. The van der Waals surface area contributed by atoms with E-state index in [1.807, 2.05) is 18.2 Å². The van der Waals surface area contributed by atoms with Crippen LogP contribution in [0.25, 0.3) is 0 Å². The quantitative estimate of drug-likeness (QED) is 0.638. The summed E-state index contributed by atoms with van der Waals surface area (Å²) >= 11 is 15.5. The summed E-state index contributed by atoms with van der Waals surface area (Å²) < 4.78 is 6.68. The molecule has 0 spiro atoms. The molecule has 0 saturated heterocycles. The molecular formula is C18H18BrCl2NO2. The highest BCUT2D eigenvalue weighted by Gasteiger charge is 2.20. The molecule has 2 rings (SSSR count). The van der Waals surface area contributed by atoms with Crippen LogP contribution in [-0.4, -0.2) is 12.5 Å². The van der Waals surface area contributed by atoms with Crippen molar-refractivity contribution in [3.8, 4) is 5.75 Å². The molecule has 0 saturated carbocycles. The number of carbonyl (C=O) groups is 1. The minimum Gasteiger partial charge on any atom is -0.483 e. The summed E-state index contributed by atoms with van der Waals surface area (Å²) in [5.41, 5.74) is 1.38. The lowest BCUT2D eigenvalue weighted by molar-refractivity contribution is -0.118. The summed E-state index contributed by atoms with van der Waals surface area (Å²) in [6.45, 7) is 6.15. The molecular weight excluding hydrogens is 413 g/mol. The molecule has 6 heteroatoms. The van der Waals surface area contributed by atoms with Crippen LogP contribution in [0.2, 0.25) is 10.0 Å². The third-order valence-corrected chi connectivity index (χ3v) is 4.65. The zero-order valence-corrected chi connectivity index (χ0v) is 16.7. The number of hydrogen-bond donors (Lipinski definition) is 1. The van der Waals surface area contributed by atoms with Gasteiger partial charge < -0.3 is 10.1 Å². The highest BCUT2D eigenvalue weighted by molar-refractivity contribution is 9.10. The van der Waals surface area contributed by atoms with Crippen LogP contribution in [0.1, 0.15) is 26.3 Å². The van der Waals surface area contributed by atoms with Gasteiger partial charge in [-0.3, -0.25) is 4.79 Å². The van der Waals surface area contributed by atoms with Crippen molar-refractivity contribution in [1.82, 2.24) is 0 Å². The van der Waals surface area contributed by atoms with Gasteiger partial charge in [0.15, 0.2) is 6.61 Å². The van der Waals surface area contributed by atoms with Gasteiger partial charge in [-0.15, -0.1) is 0 Å². The second-order valence-corrected chi connectivity index (χ2v) is 8.03. The Hall–Kier alpha value is -1.23. The third-order valence-electron chi connectivity index (χ3n) is 3.33. The molecule has 0 heterocycles. The molecule has 0 unspecified atom stereocenters. The number of hydrogen-bond acceptors (Lipinski definition) is 2. The zero-order valence-electron chi connectivity index (χ0n) is 13.6. The van der Waals surface area contributed by atoms with Crippen molar-refractivity contribution in [3.05, 3.63) is 56.5 Å². The molecule has 2 aromatic rings. The normalized spacial score (nSPS) is 11.2. The second kappa shape index (κ2) is 7.77. The SMILES string of the molecule is CC(C)(C)c1cc(Br)ccc1OCC(=O)Nc1cccc(Cl)c1Cl. The van der Waals surface area contributed by atoms with E-state index in [1.54, 1.807) is 18.2 Å². The lowest BCUT2D eigenvalue weighted by atomic mass is 9.86. The average molecular weight is 431 g/mol. The fraction of sp³-hybridized carbons (Fsp3) is 0.278. The Morgan fingerprint density at radius 3 is 2.58 bits per heavy atom. The fourth-order valence-corrected chi connectivity index (χ4v) is 2.85. The van der Waals surface area contributed by atoms with Gasteiger partial charge in [-0.2, -0.15) is 0 Å². The van der Waals surface area contributed by atoms with Crippen molar-refractivity contribution in [1.29, 1.82) is 0 Å². The van der Waals surface area contributed by atoms with Crippen LogP contribution < -0.4 is 10.1 Å². The molecule has 2 aromatic carbocycles. The summed E-state index contributed by atoms with van der Waals surface area (Å²) in [5.74, 6) is 0.375. The van der Waals surface area contributed by atoms with Crippen LogP contribution in [-0.2, 0) is 10.2 Å². The lowest BCUT2D eigenvalue weighted by Gasteiger charge is -2.23. The molecule has 0 bridgehead atoms. The maximum atomic E-state index is 12.1. The standard InChI is InChI=1S/C18H18BrCl2NO2/c1-18(2,3)12-9-11(19)7-8-15(12)24-10-16(23)22-14-6-4-5-13(20)17(14)21/h4-9H,10H2,1-3H3,(H,22,23). The second-order valence-electron chi connectivity index (χ2n) is 6.33. The first-order valence-corrected chi connectivity index (χ1v) is 8.90. The molecule has 128 valence electrons. The number of anilines is 1. The first-order chi connectivity index (χ1) is 11.2. The van der Waals surface area contributed by atoms with Gasteiger partial charge in [0.25, 0.3) is 5.91 Å². The van der Waals surface area contributed by atoms with Crippen LogP contribution in [0.15, 0.2) is 40.9 Å². The fourth-order valence-electron chi connectivity index (χ4n) is 2.14. The van der Waals surface area contributed by atoms with E-state index in [4.69, 9.17) is 27.9 Å². The topological polar surface area (TPSA) is 38.3 Å². The first kappa shape index (κ1) is 19.1. The summed E-state index contributed by atoms with van der Waals surface area (Å²) in [6.07, 6.45) is 0. The summed E-state index contributed by atoms with van der Waals surface area (Å²) in [5, 5.41) is 3.40.